The highest BCUT2D eigenvalue weighted by Crippen LogP contribution is 2.20. The second-order valence-corrected chi connectivity index (χ2v) is 10.5. The zero-order chi connectivity index (χ0) is 32.7. The third-order valence-corrected chi connectivity index (χ3v) is 7.19. The summed E-state index contributed by atoms with van der Waals surface area (Å²) in [5.74, 6) is -7.40. The summed E-state index contributed by atoms with van der Waals surface area (Å²) in [5, 5.41) is 36.4. The van der Waals surface area contributed by atoms with Crippen molar-refractivity contribution in [3.05, 3.63) is 72.1 Å². The number of rotatable bonds is 15. The molecule has 10 N–H and O–H groups in total. The fourth-order valence-corrected chi connectivity index (χ4v) is 4.94. The van der Waals surface area contributed by atoms with Gasteiger partial charge in [0.15, 0.2) is 0 Å². The lowest BCUT2D eigenvalue weighted by molar-refractivity contribution is -0.147. The first-order valence-corrected chi connectivity index (χ1v) is 13.9. The largest absolute Gasteiger partial charge is 0.481 e. The van der Waals surface area contributed by atoms with Crippen molar-refractivity contribution in [3.8, 4) is 0 Å². The molecule has 0 fully saturated rings. The Morgan fingerprint density at radius 1 is 0.622 bits per heavy atom. The van der Waals surface area contributed by atoms with Gasteiger partial charge in [-0.1, -0.05) is 36.4 Å². The number of nitrogens with two attached hydrogens (primary N) is 1. The lowest BCUT2D eigenvalue weighted by Gasteiger charge is -2.24. The van der Waals surface area contributed by atoms with Crippen LogP contribution in [0.2, 0.25) is 0 Å². The minimum absolute atomic E-state index is 0.0724. The third-order valence-electron chi connectivity index (χ3n) is 7.19. The first-order chi connectivity index (χ1) is 21.4. The molecule has 0 radical (unpaired) electrons. The first-order valence-electron chi connectivity index (χ1n) is 13.9. The van der Waals surface area contributed by atoms with E-state index in [0.29, 0.717) is 16.5 Å². The summed E-state index contributed by atoms with van der Waals surface area (Å²) < 4.78 is 0. The van der Waals surface area contributed by atoms with Gasteiger partial charge < -0.3 is 47.0 Å². The molecule has 0 bridgehead atoms. The number of fused-ring (bicyclic) bond motifs is 2. The van der Waals surface area contributed by atoms with Crippen LogP contribution in [-0.4, -0.2) is 85.1 Å². The topological polar surface area (TPSA) is 257 Å². The number of carbonyl (C=O) groups is 6. The molecule has 0 aliphatic carbocycles. The molecular formula is C30H32N6O9. The number of nitrogens with one attached hydrogen (secondary N) is 5. The predicted octanol–water partition coefficient (Wildman–Crippen LogP) is 0.250. The van der Waals surface area contributed by atoms with E-state index in [-0.39, 0.29) is 12.8 Å². The van der Waals surface area contributed by atoms with Gasteiger partial charge in [-0.25, -0.2) is 4.79 Å². The van der Waals surface area contributed by atoms with Crippen molar-refractivity contribution in [2.75, 3.05) is 0 Å². The van der Waals surface area contributed by atoms with Crippen LogP contribution in [0, 0.1) is 0 Å². The Morgan fingerprint density at radius 3 is 1.60 bits per heavy atom. The van der Waals surface area contributed by atoms with Crippen molar-refractivity contribution in [2.45, 2.75) is 49.9 Å². The Morgan fingerprint density at radius 2 is 1.07 bits per heavy atom. The monoisotopic (exact) mass is 620 g/mol. The minimum Gasteiger partial charge on any atom is -0.481 e. The van der Waals surface area contributed by atoms with Gasteiger partial charge in [-0.2, -0.15) is 0 Å². The van der Waals surface area contributed by atoms with Crippen LogP contribution in [0.5, 0.6) is 0 Å². The van der Waals surface area contributed by atoms with E-state index in [1.807, 2.05) is 24.3 Å². The molecule has 3 amide bonds. The molecule has 2 aromatic heterocycles. The predicted molar refractivity (Wildman–Crippen MR) is 160 cm³/mol. The summed E-state index contributed by atoms with van der Waals surface area (Å²) in [6.07, 6.45) is 1.39. The number of hydrogen-bond acceptors (Lipinski definition) is 7. The van der Waals surface area contributed by atoms with E-state index in [0.717, 1.165) is 16.5 Å². The molecule has 0 aliphatic rings. The van der Waals surface area contributed by atoms with Gasteiger partial charge in [-0.15, -0.1) is 0 Å². The summed E-state index contributed by atoms with van der Waals surface area (Å²) in [7, 11) is 0. The van der Waals surface area contributed by atoms with Gasteiger partial charge in [0.1, 0.15) is 18.1 Å². The fraction of sp³-hybridized carbons (Fsp3) is 0.267. The molecule has 4 atom stereocenters. The van der Waals surface area contributed by atoms with E-state index < -0.39 is 72.6 Å². The zero-order valence-corrected chi connectivity index (χ0v) is 23.8. The van der Waals surface area contributed by atoms with Crippen LogP contribution in [0.15, 0.2) is 60.9 Å². The van der Waals surface area contributed by atoms with Crippen molar-refractivity contribution < 1.29 is 44.1 Å². The molecular weight excluding hydrogens is 588 g/mol. The Balaban J connectivity index is 1.53. The van der Waals surface area contributed by atoms with Crippen molar-refractivity contribution in [1.82, 2.24) is 25.9 Å². The van der Waals surface area contributed by atoms with Crippen LogP contribution < -0.4 is 21.7 Å². The smallest absolute Gasteiger partial charge is 0.326 e. The number of aromatic amines is 2. The maximum Gasteiger partial charge on any atom is 0.326 e. The summed E-state index contributed by atoms with van der Waals surface area (Å²) in [4.78, 5) is 80.2. The van der Waals surface area contributed by atoms with E-state index >= 15 is 0 Å². The lowest BCUT2D eigenvalue weighted by atomic mass is 10.0. The molecule has 15 nitrogen and oxygen atoms in total. The quantitative estimate of drug-likeness (QED) is 0.0875. The average Bonchev–Trinajstić information content (AvgIpc) is 3.59. The maximum absolute atomic E-state index is 13.4. The highest BCUT2D eigenvalue weighted by atomic mass is 16.4. The van der Waals surface area contributed by atoms with Gasteiger partial charge in [0.25, 0.3) is 0 Å². The summed E-state index contributed by atoms with van der Waals surface area (Å²) in [6, 6.07) is 8.29. The molecule has 0 saturated carbocycles. The molecule has 0 aliphatic heterocycles. The number of H-pyrrole nitrogens is 2. The van der Waals surface area contributed by atoms with E-state index in [4.69, 9.17) is 10.8 Å². The molecule has 0 saturated heterocycles. The van der Waals surface area contributed by atoms with E-state index in [2.05, 4.69) is 25.9 Å². The van der Waals surface area contributed by atoms with Gasteiger partial charge >= 0.3 is 17.9 Å². The molecule has 2 aromatic carbocycles. The Labute approximate surface area is 255 Å². The van der Waals surface area contributed by atoms with Crippen molar-refractivity contribution in [3.63, 3.8) is 0 Å². The highest BCUT2D eigenvalue weighted by Gasteiger charge is 2.33. The standard InChI is InChI=1S/C30H32N6O9/c31-19(9-15-13-32-20-7-3-1-5-17(15)20)27(41)34-23(11-25(37)38)29(43)35-22(28(42)36-24(30(44)45)12-26(39)40)10-16-14-33-21-8-4-2-6-18(16)21/h1-8,13-14,19,22-24,32-33H,9-12,31H2,(H,34,41)(H,35,43)(H,36,42)(H,37,38)(H,39,40)(H,44,45). The molecule has 4 unspecified atom stereocenters. The second kappa shape index (κ2) is 14.2. The molecule has 45 heavy (non-hydrogen) atoms. The van der Waals surface area contributed by atoms with Crippen molar-refractivity contribution in [1.29, 1.82) is 0 Å². The van der Waals surface area contributed by atoms with Crippen LogP contribution in [-0.2, 0) is 41.6 Å². The van der Waals surface area contributed by atoms with Crippen molar-refractivity contribution in [2.24, 2.45) is 5.73 Å². The number of aliphatic carboxylic acids is 3. The number of para-hydroxylation sites is 2. The molecule has 2 heterocycles. The highest BCUT2D eigenvalue weighted by molar-refractivity contribution is 5.97. The van der Waals surface area contributed by atoms with E-state index in [9.17, 15) is 39.0 Å². The summed E-state index contributed by atoms with van der Waals surface area (Å²) >= 11 is 0. The number of hydrogen-bond donors (Lipinski definition) is 9. The zero-order valence-electron chi connectivity index (χ0n) is 23.8. The molecule has 4 rings (SSSR count). The number of carbonyl (C=O) groups excluding carboxylic acids is 3. The van der Waals surface area contributed by atoms with Gasteiger partial charge in [0.2, 0.25) is 17.7 Å². The van der Waals surface area contributed by atoms with Crippen LogP contribution in [0.1, 0.15) is 24.0 Å². The maximum atomic E-state index is 13.4. The SMILES string of the molecule is NC(Cc1c[nH]c2ccccc12)C(=O)NC(CC(=O)O)C(=O)NC(Cc1c[nH]c2ccccc12)C(=O)NC(CC(=O)O)C(=O)O. The van der Waals surface area contributed by atoms with E-state index in [1.54, 1.807) is 36.7 Å². The summed E-state index contributed by atoms with van der Waals surface area (Å²) in [5.41, 5.74) is 8.95. The second-order valence-electron chi connectivity index (χ2n) is 10.5. The number of carboxylic acid groups (broad SMARTS) is 3. The fourth-order valence-electron chi connectivity index (χ4n) is 4.94. The van der Waals surface area contributed by atoms with Crippen LogP contribution in [0.3, 0.4) is 0 Å². The molecule has 15 heteroatoms. The normalized spacial score (nSPS) is 13.8. The number of amides is 3. The number of carboxylic acids is 3. The number of benzene rings is 2. The Bertz CT molecular complexity index is 1750. The first kappa shape index (κ1) is 32.2. The van der Waals surface area contributed by atoms with Crippen molar-refractivity contribution >= 4 is 57.4 Å². The molecule has 236 valence electrons. The lowest BCUT2D eigenvalue weighted by Crippen LogP contribution is -2.58. The van der Waals surface area contributed by atoms with Crippen LogP contribution in [0.25, 0.3) is 21.8 Å². The Hall–Kier alpha value is -5.70. The van der Waals surface area contributed by atoms with Gasteiger partial charge in [-0.05, 0) is 29.7 Å². The Kier molecular flexibility index (Phi) is 10.2. The van der Waals surface area contributed by atoms with Gasteiger partial charge in [0.05, 0.1) is 18.9 Å². The average molecular weight is 621 g/mol. The minimum atomic E-state index is -1.81. The number of aromatic nitrogens is 2. The van der Waals surface area contributed by atoms with Crippen LogP contribution >= 0.6 is 0 Å². The third kappa shape index (κ3) is 8.23. The van der Waals surface area contributed by atoms with E-state index in [1.165, 1.54) is 0 Å². The molecule has 4 aromatic rings. The summed E-state index contributed by atoms with van der Waals surface area (Å²) in [6.45, 7) is 0. The van der Waals surface area contributed by atoms with Gasteiger partial charge in [-0.3, -0.25) is 24.0 Å². The van der Waals surface area contributed by atoms with Crippen LogP contribution in [0.4, 0.5) is 0 Å². The molecule has 0 spiro atoms. The van der Waals surface area contributed by atoms with Gasteiger partial charge in [0, 0.05) is 40.6 Å².